The van der Waals surface area contributed by atoms with Gasteiger partial charge in [0.15, 0.2) is 0 Å². The number of carbonyl (C=O) groups is 1. The van der Waals surface area contributed by atoms with Crippen molar-refractivity contribution in [2.45, 2.75) is 37.5 Å². The molecule has 19 heavy (non-hydrogen) atoms. The van der Waals surface area contributed by atoms with Gasteiger partial charge in [-0.05, 0) is 36.8 Å². The number of anilines is 1. The molecule has 2 N–H and O–H groups in total. The lowest BCUT2D eigenvalue weighted by molar-refractivity contribution is -0.252. The normalized spacial score (nSPS) is 25.8. The molecular formula is C13H12F3NO2. The highest BCUT2D eigenvalue weighted by Crippen LogP contribution is 2.49. The Bertz CT molecular complexity index is 568. The maximum atomic E-state index is 13.0. The Morgan fingerprint density at radius 3 is 2.58 bits per heavy atom. The highest BCUT2D eigenvalue weighted by atomic mass is 19.4. The Morgan fingerprint density at radius 2 is 1.89 bits per heavy atom. The van der Waals surface area contributed by atoms with E-state index in [1.807, 2.05) is 0 Å². The third-order valence-corrected chi connectivity index (χ3v) is 3.90. The van der Waals surface area contributed by atoms with E-state index in [0.29, 0.717) is 6.42 Å². The summed E-state index contributed by atoms with van der Waals surface area (Å²) in [5.74, 6) is -1.41. The second kappa shape index (κ2) is 3.72. The van der Waals surface area contributed by atoms with Gasteiger partial charge in [-0.3, -0.25) is 4.79 Å². The largest absolute Gasteiger partial charge is 0.430 e. The van der Waals surface area contributed by atoms with Gasteiger partial charge < -0.3 is 10.4 Å². The van der Waals surface area contributed by atoms with Gasteiger partial charge in [0, 0.05) is 5.56 Å². The van der Waals surface area contributed by atoms with Gasteiger partial charge in [0.25, 0.3) is 11.5 Å². The van der Waals surface area contributed by atoms with E-state index in [9.17, 15) is 23.1 Å². The van der Waals surface area contributed by atoms with E-state index in [2.05, 4.69) is 5.32 Å². The van der Waals surface area contributed by atoms with Crippen molar-refractivity contribution in [2.75, 3.05) is 5.32 Å². The molecular weight excluding hydrogens is 259 g/mol. The summed E-state index contributed by atoms with van der Waals surface area (Å²) in [6.45, 7) is 0. The van der Waals surface area contributed by atoms with Gasteiger partial charge in [-0.2, -0.15) is 13.2 Å². The molecule has 1 aromatic carbocycles. The van der Waals surface area contributed by atoms with Crippen LogP contribution in [0.2, 0.25) is 0 Å². The molecule has 6 heteroatoms. The molecule has 0 saturated carbocycles. The quantitative estimate of drug-likeness (QED) is 0.760. The van der Waals surface area contributed by atoms with Crippen molar-refractivity contribution in [3.63, 3.8) is 0 Å². The fourth-order valence-corrected chi connectivity index (χ4v) is 2.88. The summed E-state index contributed by atoms with van der Waals surface area (Å²) >= 11 is 0. The summed E-state index contributed by atoms with van der Waals surface area (Å²) in [5, 5.41) is 12.0. The number of halogens is 3. The average Bonchev–Trinajstić information content (AvgIpc) is 2.63. The minimum atomic E-state index is -5.02. The molecule has 0 aromatic heterocycles. The van der Waals surface area contributed by atoms with Crippen LogP contribution in [0.4, 0.5) is 18.9 Å². The second-order valence-corrected chi connectivity index (χ2v) is 5.00. The van der Waals surface area contributed by atoms with Gasteiger partial charge in [-0.15, -0.1) is 0 Å². The number of fused-ring (bicyclic) bond motifs is 3. The van der Waals surface area contributed by atoms with E-state index in [1.54, 1.807) is 6.07 Å². The number of rotatable bonds is 0. The molecule has 0 bridgehead atoms. The average molecular weight is 271 g/mol. The van der Waals surface area contributed by atoms with Crippen molar-refractivity contribution in [1.82, 2.24) is 0 Å². The minimum absolute atomic E-state index is 0.155. The molecule has 1 aliphatic heterocycles. The molecule has 2 aliphatic rings. The molecule has 1 amide bonds. The Morgan fingerprint density at radius 1 is 1.21 bits per heavy atom. The van der Waals surface area contributed by atoms with Crippen LogP contribution in [0.15, 0.2) is 12.1 Å². The lowest BCUT2D eigenvalue weighted by atomic mass is 9.85. The predicted octanol–water partition coefficient (Wildman–Crippen LogP) is 2.27. The minimum Gasteiger partial charge on any atom is -0.368 e. The van der Waals surface area contributed by atoms with Crippen molar-refractivity contribution < 1.29 is 23.1 Å². The summed E-state index contributed by atoms with van der Waals surface area (Å²) in [5.41, 5.74) is -1.95. The number of carbonyl (C=O) groups excluding carboxylic acids is 1. The van der Waals surface area contributed by atoms with E-state index < -0.39 is 17.7 Å². The zero-order valence-corrected chi connectivity index (χ0v) is 9.97. The summed E-state index contributed by atoms with van der Waals surface area (Å²) in [7, 11) is 0. The number of alkyl halides is 3. The van der Waals surface area contributed by atoms with Gasteiger partial charge in [-0.1, -0.05) is 12.1 Å². The molecule has 1 unspecified atom stereocenters. The predicted molar refractivity (Wildman–Crippen MR) is 61.7 cm³/mol. The summed E-state index contributed by atoms with van der Waals surface area (Å²) < 4.78 is 39.0. The maximum Gasteiger partial charge on any atom is 0.430 e. The van der Waals surface area contributed by atoms with E-state index >= 15 is 0 Å². The van der Waals surface area contributed by atoms with Crippen LogP contribution in [0.1, 0.15) is 29.5 Å². The third kappa shape index (κ3) is 1.52. The zero-order valence-electron chi connectivity index (χ0n) is 9.97. The number of nitrogens with one attached hydrogen (secondary N) is 1. The molecule has 3 rings (SSSR count). The van der Waals surface area contributed by atoms with Crippen molar-refractivity contribution in [3.05, 3.63) is 28.8 Å². The lowest BCUT2D eigenvalue weighted by Crippen LogP contribution is -2.47. The third-order valence-electron chi connectivity index (χ3n) is 3.90. The molecule has 1 aliphatic carbocycles. The zero-order chi connectivity index (χ0) is 13.8. The van der Waals surface area contributed by atoms with Gasteiger partial charge >= 0.3 is 6.18 Å². The van der Waals surface area contributed by atoms with E-state index in [0.717, 1.165) is 30.4 Å². The van der Waals surface area contributed by atoms with Gasteiger partial charge in [0.2, 0.25) is 0 Å². The fourth-order valence-electron chi connectivity index (χ4n) is 2.88. The first-order valence-electron chi connectivity index (χ1n) is 6.11. The highest BCUT2D eigenvalue weighted by Gasteiger charge is 2.64. The first-order chi connectivity index (χ1) is 8.85. The lowest BCUT2D eigenvalue weighted by Gasteiger charge is -2.24. The molecule has 0 saturated heterocycles. The van der Waals surface area contributed by atoms with E-state index in [-0.39, 0.29) is 11.3 Å². The monoisotopic (exact) mass is 271 g/mol. The van der Waals surface area contributed by atoms with Crippen LogP contribution in [0.3, 0.4) is 0 Å². The Hall–Kier alpha value is -1.56. The van der Waals surface area contributed by atoms with Crippen LogP contribution in [0, 0.1) is 0 Å². The first kappa shape index (κ1) is 12.5. The Kier molecular flexibility index (Phi) is 2.44. The van der Waals surface area contributed by atoms with E-state index in [1.165, 1.54) is 6.07 Å². The van der Waals surface area contributed by atoms with Gasteiger partial charge in [0.05, 0.1) is 5.69 Å². The number of hydrogen-bond acceptors (Lipinski definition) is 2. The molecule has 1 heterocycles. The van der Waals surface area contributed by atoms with Crippen LogP contribution in [0.5, 0.6) is 0 Å². The molecule has 3 nitrogen and oxygen atoms in total. The van der Waals surface area contributed by atoms with Crippen molar-refractivity contribution in [3.8, 4) is 0 Å². The van der Waals surface area contributed by atoms with Crippen LogP contribution in [0.25, 0.3) is 0 Å². The second-order valence-electron chi connectivity index (χ2n) is 5.00. The fraction of sp³-hybridized carbons (Fsp3) is 0.462. The van der Waals surface area contributed by atoms with Crippen molar-refractivity contribution >= 4 is 11.6 Å². The van der Waals surface area contributed by atoms with Gasteiger partial charge in [-0.25, -0.2) is 0 Å². The Labute approximate surface area is 107 Å². The molecule has 1 aromatic rings. The smallest absolute Gasteiger partial charge is 0.368 e. The SMILES string of the molecule is O=C1Nc2c(ccc3c2CCCC3)C1(O)C(F)(F)F. The summed E-state index contributed by atoms with van der Waals surface area (Å²) in [4.78, 5) is 11.6. The molecule has 0 fully saturated rings. The number of hydrogen-bond donors (Lipinski definition) is 2. The molecule has 102 valence electrons. The first-order valence-corrected chi connectivity index (χ1v) is 6.11. The highest BCUT2D eigenvalue weighted by molar-refractivity contribution is 6.06. The summed E-state index contributed by atoms with van der Waals surface area (Å²) in [6, 6.07) is 2.80. The number of aliphatic hydroxyl groups is 1. The van der Waals surface area contributed by atoms with E-state index in [4.69, 9.17) is 0 Å². The molecule has 0 spiro atoms. The van der Waals surface area contributed by atoms with Crippen LogP contribution in [-0.4, -0.2) is 17.2 Å². The molecule has 1 atom stereocenters. The standard InChI is InChI=1S/C13H12F3NO2/c14-13(15,16)12(19)9-6-5-7-3-1-2-4-8(7)10(9)17-11(12)18/h5-6,19H,1-4H2,(H,17,18). The maximum absolute atomic E-state index is 13.0. The number of amides is 1. The summed E-state index contributed by atoms with van der Waals surface area (Å²) in [6.07, 6.45) is -1.73. The van der Waals surface area contributed by atoms with Crippen molar-refractivity contribution in [1.29, 1.82) is 0 Å². The van der Waals surface area contributed by atoms with Crippen LogP contribution >= 0.6 is 0 Å². The molecule has 0 radical (unpaired) electrons. The number of aryl methyl sites for hydroxylation is 1. The van der Waals surface area contributed by atoms with Gasteiger partial charge in [0.1, 0.15) is 0 Å². The van der Waals surface area contributed by atoms with Crippen LogP contribution < -0.4 is 5.32 Å². The van der Waals surface area contributed by atoms with Crippen molar-refractivity contribution in [2.24, 2.45) is 0 Å². The Balaban J connectivity index is 2.21. The topological polar surface area (TPSA) is 49.3 Å². The van der Waals surface area contributed by atoms with Crippen LogP contribution in [-0.2, 0) is 23.2 Å². The number of benzene rings is 1.